The predicted octanol–water partition coefficient (Wildman–Crippen LogP) is -1.57. The lowest BCUT2D eigenvalue weighted by Crippen LogP contribution is -2.58. The first kappa shape index (κ1) is 27.1. The molecule has 31 heavy (non-hydrogen) atoms. The Bertz CT molecular complexity index is 736. The molecule has 7 N–H and O–H groups in total. The molecule has 0 aromatic carbocycles. The summed E-state index contributed by atoms with van der Waals surface area (Å²) in [7, 11) is 0. The number of aromatic nitrogens is 2. The Kier molecular flexibility index (Phi) is 12.4. The van der Waals surface area contributed by atoms with Crippen molar-refractivity contribution in [1.82, 2.24) is 25.9 Å². The largest absolute Gasteiger partial charge is 0.480 e. The fraction of sp³-hybridized carbons (Fsp3) is 0.588. The maximum Gasteiger partial charge on any atom is 0.327 e. The van der Waals surface area contributed by atoms with Crippen molar-refractivity contribution in [2.75, 3.05) is 23.5 Å². The van der Waals surface area contributed by atoms with Gasteiger partial charge in [0.1, 0.15) is 18.1 Å². The smallest absolute Gasteiger partial charge is 0.327 e. The van der Waals surface area contributed by atoms with Gasteiger partial charge in [-0.1, -0.05) is 0 Å². The molecule has 0 spiro atoms. The van der Waals surface area contributed by atoms with E-state index in [0.717, 1.165) is 0 Å². The lowest BCUT2D eigenvalue weighted by Gasteiger charge is -2.24. The van der Waals surface area contributed by atoms with Crippen molar-refractivity contribution in [3.63, 3.8) is 0 Å². The Hall–Kier alpha value is -1.90. The number of carbonyl (C=O) groups excluding carboxylic acids is 3. The highest BCUT2D eigenvalue weighted by molar-refractivity contribution is 7.98. The van der Waals surface area contributed by atoms with Gasteiger partial charge in [0.15, 0.2) is 0 Å². The molecule has 1 aromatic rings. The highest BCUT2D eigenvalue weighted by atomic mass is 32.2. The summed E-state index contributed by atoms with van der Waals surface area (Å²) >= 11 is 9.57. The van der Waals surface area contributed by atoms with E-state index in [2.05, 4.69) is 51.2 Å². The van der Waals surface area contributed by atoms with Crippen molar-refractivity contribution in [3.8, 4) is 0 Å². The lowest BCUT2D eigenvalue weighted by molar-refractivity contribution is -0.141. The van der Waals surface area contributed by atoms with Crippen LogP contribution in [0.5, 0.6) is 0 Å². The number of nitrogens with one attached hydrogen (secondary N) is 4. The molecule has 1 heterocycles. The summed E-state index contributed by atoms with van der Waals surface area (Å²) in [6, 6.07) is -4.17. The van der Waals surface area contributed by atoms with Gasteiger partial charge in [-0.25, -0.2) is 9.78 Å². The van der Waals surface area contributed by atoms with Crippen LogP contribution in [0.15, 0.2) is 12.5 Å². The third kappa shape index (κ3) is 9.41. The van der Waals surface area contributed by atoms with Gasteiger partial charge >= 0.3 is 5.97 Å². The van der Waals surface area contributed by atoms with Crippen LogP contribution in [0.1, 0.15) is 12.1 Å². The number of thioether (sulfide) groups is 1. The molecular formula is C17H28N6O5S3. The zero-order chi connectivity index (χ0) is 23.4. The number of H-pyrrole nitrogens is 1. The van der Waals surface area contributed by atoms with E-state index in [1.807, 2.05) is 6.26 Å². The number of carboxylic acids is 1. The molecule has 0 saturated carbocycles. The predicted molar refractivity (Wildman–Crippen MR) is 124 cm³/mol. The van der Waals surface area contributed by atoms with Crippen molar-refractivity contribution >= 4 is 60.7 Å². The van der Waals surface area contributed by atoms with Crippen LogP contribution < -0.4 is 21.7 Å². The molecular weight excluding hydrogens is 464 g/mol. The van der Waals surface area contributed by atoms with Crippen LogP contribution in [0, 0.1) is 0 Å². The normalized spacial score (nSPS) is 14.7. The summed E-state index contributed by atoms with van der Waals surface area (Å²) in [4.78, 5) is 55.5. The number of amides is 3. The van der Waals surface area contributed by atoms with Gasteiger partial charge in [0.2, 0.25) is 17.7 Å². The van der Waals surface area contributed by atoms with Crippen molar-refractivity contribution in [2.45, 2.75) is 37.0 Å². The van der Waals surface area contributed by atoms with E-state index in [1.165, 1.54) is 12.5 Å². The Morgan fingerprint density at radius 1 is 1.10 bits per heavy atom. The number of aromatic amines is 1. The van der Waals surface area contributed by atoms with E-state index in [9.17, 15) is 19.2 Å². The zero-order valence-electron chi connectivity index (χ0n) is 16.9. The molecule has 11 nitrogen and oxygen atoms in total. The molecule has 0 fully saturated rings. The van der Waals surface area contributed by atoms with Gasteiger partial charge in [-0.3, -0.25) is 14.4 Å². The van der Waals surface area contributed by atoms with Gasteiger partial charge in [0, 0.05) is 29.8 Å². The van der Waals surface area contributed by atoms with Crippen molar-refractivity contribution in [1.29, 1.82) is 0 Å². The van der Waals surface area contributed by atoms with Crippen LogP contribution in [0.4, 0.5) is 0 Å². The molecule has 174 valence electrons. The monoisotopic (exact) mass is 492 g/mol. The third-order valence-corrected chi connectivity index (χ3v) is 5.57. The minimum atomic E-state index is -1.25. The zero-order valence-corrected chi connectivity index (χ0v) is 19.5. The van der Waals surface area contributed by atoms with Gasteiger partial charge in [-0.15, -0.1) is 0 Å². The van der Waals surface area contributed by atoms with Gasteiger partial charge < -0.3 is 31.8 Å². The van der Waals surface area contributed by atoms with Gasteiger partial charge in [-0.05, 0) is 18.4 Å². The Balaban J connectivity index is 2.87. The molecule has 4 unspecified atom stereocenters. The van der Waals surface area contributed by atoms with Crippen LogP contribution in [0.2, 0.25) is 0 Å². The van der Waals surface area contributed by atoms with Crippen LogP contribution in [-0.4, -0.2) is 86.4 Å². The van der Waals surface area contributed by atoms with Gasteiger partial charge in [0.05, 0.1) is 12.4 Å². The van der Waals surface area contributed by atoms with E-state index in [1.54, 1.807) is 11.8 Å². The molecule has 0 radical (unpaired) electrons. The number of thiol groups is 2. The first-order chi connectivity index (χ1) is 14.7. The topological polar surface area (TPSA) is 179 Å². The average molecular weight is 493 g/mol. The second kappa shape index (κ2) is 14.2. The summed E-state index contributed by atoms with van der Waals surface area (Å²) in [6.45, 7) is 0. The van der Waals surface area contributed by atoms with Crippen molar-refractivity contribution in [2.24, 2.45) is 5.73 Å². The molecule has 0 bridgehead atoms. The second-order valence-corrected chi connectivity index (χ2v) is 8.27. The van der Waals surface area contributed by atoms with E-state index in [4.69, 9.17) is 10.8 Å². The fourth-order valence-corrected chi connectivity index (χ4v) is 3.40. The SMILES string of the molecule is CSCCC(N)C(=O)NC(CS)C(=O)NC(Cc1cnc[nH]1)C(=O)NC(CS)C(=O)O. The number of aliphatic carboxylic acids is 1. The van der Waals surface area contributed by atoms with Crippen LogP contribution >= 0.6 is 37.0 Å². The number of nitrogens with two attached hydrogens (primary N) is 1. The number of rotatable bonds is 14. The van der Waals surface area contributed by atoms with E-state index in [0.29, 0.717) is 17.9 Å². The maximum absolute atomic E-state index is 12.7. The van der Waals surface area contributed by atoms with Gasteiger partial charge in [0.25, 0.3) is 0 Å². The minimum absolute atomic E-state index is 0.0248. The number of nitrogens with zero attached hydrogens (tertiary/aromatic N) is 1. The Morgan fingerprint density at radius 2 is 1.68 bits per heavy atom. The minimum Gasteiger partial charge on any atom is -0.480 e. The van der Waals surface area contributed by atoms with Crippen molar-refractivity contribution < 1.29 is 24.3 Å². The first-order valence-corrected chi connectivity index (χ1v) is 12.0. The van der Waals surface area contributed by atoms with E-state index in [-0.39, 0.29) is 17.9 Å². The quantitative estimate of drug-likeness (QED) is 0.143. The summed E-state index contributed by atoms with van der Waals surface area (Å²) in [5.74, 6) is -2.60. The van der Waals surface area contributed by atoms with E-state index < -0.39 is 47.9 Å². The first-order valence-electron chi connectivity index (χ1n) is 9.30. The molecule has 0 aliphatic rings. The number of carboxylic acid groups (broad SMARTS) is 1. The van der Waals surface area contributed by atoms with E-state index >= 15 is 0 Å². The standard InChI is InChI=1S/C17H28N6O5S3/c1-31-3-2-10(18)14(24)22-12(6-29)16(26)21-11(4-9-5-19-8-20-9)15(25)23-13(7-30)17(27)28/h5,8,10-13,29-30H,2-4,6-7,18H2,1H3,(H,19,20)(H,21,26)(H,22,24)(H,23,25)(H,27,28). The second-order valence-electron chi connectivity index (χ2n) is 6.56. The molecule has 0 saturated heterocycles. The molecule has 0 aliphatic carbocycles. The fourth-order valence-electron chi connectivity index (χ4n) is 2.40. The number of imidazole rings is 1. The van der Waals surface area contributed by atoms with Crippen LogP contribution in [0.3, 0.4) is 0 Å². The number of hydrogen-bond acceptors (Lipinski definition) is 9. The molecule has 1 rings (SSSR count). The lowest BCUT2D eigenvalue weighted by atomic mass is 10.1. The maximum atomic E-state index is 12.7. The molecule has 14 heteroatoms. The average Bonchev–Trinajstić information content (AvgIpc) is 3.25. The highest BCUT2D eigenvalue weighted by Crippen LogP contribution is 2.03. The molecule has 3 amide bonds. The summed E-state index contributed by atoms with van der Waals surface area (Å²) < 4.78 is 0. The van der Waals surface area contributed by atoms with Crippen LogP contribution in [0.25, 0.3) is 0 Å². The Morgan fingerprint density at radius 3 is 2.19 bits per heavy atom. The Labute approximate surface area is 195 Å². The molecule has 0 aliphatic heterocycles. The number of hydrogen-bond donors (Lipinski definition) is 8. The number of carbonyl (C=O) groups is 4. The summed E-state index contributed by atoms with van der Waals surface area (Å²) in [6.07, 6.45) is 5.24. The summed E-state index contributed by atoms with van der Waals surface area (Å²) in [5.41, 5.74) is 6.37. The van der Waals surface area contributed by atoms with Crippen molar-refractivity contribution in [3.05, 3.63) is 18.2 Å². The van der Waals surface area contributed by atoms with Crippen LogP contribution in [-0.2, 0) is 25.6 Å². The molecule has 1 aromatic heterocycles. The summed E-state index contributed by atoms with van der Waals surface area (Å²) in [5, 5.41) is 16.5. The highest BCUT2D eigenvalue weighted by Gasteiger charge is 2.30. The third-order valence-electron chi connectivity index (χ3n) is 4.19. The molecule has 4 atom stereocenters. The van der Waals surface area contributed by atoms with Gasteiger partial charge in [-0.2, -0.15) is 37.0 Å².